The van der Waals surface area contributed by atoms with Crippen LogP contribution in [0.2, 0.25) is 0 Å². The molecule has 3 heterocycles. The average molecular weight is 418 g/mol. The second-order valence-corrected chi connectivity index (χ2v) is 7.78. The van der Waals surface area contributed by atoms with Gasteiger partial charge >= 0.3 is 0 Å². The zero-order valence-electron chi connectivity index (χ0n) is 17.1. The number of carbonyl (C=O) groups is 2. The largest absolute Gasteiger partial charge is 0.459 e. The number of amides is 2. The molecular formula is C24H22N2O5. The molecule has 3 aromatic rings. The fraction of sp³-hybridized carbons (Fsp3) is 0.250. The Bertz CT molecular complexity index is 1120. The fourth-order valence-corrected chi connectivity index (χ4v) is 4.14. The maximum atomic E-state index is 13.5. The van der Waals surface area contributed by atoms with E-state index in [-0.39, 0.29) is 24.4 Å². The standard InChI is InChI=1S/C24H22N2O5/c1-25(13-16-8-9-20-22(11-16)31-15-30-20)23(27)19-12-17-5-2-3-6-18(17)14-26(19)24(28)21-7-4-10-29-21/h2-11,19H,12-15H2,1H3. The number of likely N-dealkylation sites (N-methyl/N-ethyl adjacent to an activating group) is 1. The Labute approximate surface area is 179 Å². The molecule has 0 spiro atoms. The van der Waals surface area contributed by atoms with Gasteiger partial charge in [-0.3, -0.25) is 9.59 Å². The van der Waals surface area contributed by atoms with Crippen LogP contribution >= 0.6 is 0 Å². The average Bonchev–Trinajstić information content (AvgIpc) is 3.49. The number of rotatable bonds is 4. The third kappa shape index (κ3) is 3.63. The number of benzene rings is 2. The highest BCUT2D eigenvalue weighted by molar-refractivity contribution is 5.96. The van der Waals surface area contributed by atoms with E-state index in [4.69, 9.17) is 13.9 Å². The summed E-state index contributed by atoms with van der Waals surface area (Å²) >= 11 is 0. The van der Waals surface area contributed by atoms with Crippen LogP contribution in [0.3, 0.4) is 0 Å². The van der Waals surface area contributed by atoms with Crippen LogP contribution in [-0.2, 0) is 24.3 Å². The van der Waals surface area contributed by atoms with Crippen LogP contribution < -0.4 is 9.47 Å². The molecule has 5 rings (SSSR count). The predicted molar refractivity (Wildman–Crippen MR) is 112 cm³/mol. The molecule has 0 radical (unpaired) electrons. The lowest BCUT2D eigenvalue weighted by atomic mass is 9.93. The first-order chi connectivity index (χ1) is 15.1. The highest BCUT2D eigenvalue weighted by Crippen LogP contribution is 2.33. The summed E-state index contributed by atoms with van der Waals surface area (Å²) in [6.45, 7) is 0.971. The Hall–Kier alpha value is -3.74. The molecular weight excluding hydrogens is 396 g/mol. The van der Waals surface area contributed by atoms with Crippen LogP contribution in [0.1, 0.15) is 27.2 Å². The monoisotopic (exact) mass is 418 g/mol. The first kappa shape index (κ1) is 19.2. The van der Waals surface area contributed by atoms with Crippen molar-refractivity contribution < 1.29 is 23.5 Å². The molecule has 31 heavy (non-hydrogen) atoms. The van der Waals surface area contributed by atoms with Crippen molar-refractivity contribution in [2.75, 3.05) is 13.8 Å². The quantitative estimate of drug-likeness (QED) is 0.651. The number of hydrogen-bond acceptors (Lipinski definition) is 5. The molecule has 1 atom stereocenters. The number of fused-ring (bicyclic) bond motifs is 2. The maximum Gasteiger partial charge on any atom is 0.290 e. The lowest BCUT2D eigenvalue weighted by Crippen LogP contribution is -2.52. The Morgan fingerprint density at radius 2 is 1.84 bits per heavy atom. The molecule has 2 aliphatic heterocycles. The van der Waals surface area contributed by atoms with E-state index in [1.165, 1.54) is 6.26 Å². The lowest BCUT2D eigenvalue weighted by Gasteiger charge is -2.37. The molecule has 0 saturated carbocycles. The fourth-order valence-electron chi connectivity index (χ4n) is 4.14. The molecule has 7 heteroatoms. The van der Waals surface area contributed by atoms with Crippen molar-refractivity contribution in [3.05, 3.63) is 83.3 Å². The number of hydrogen-bond donors (Lipinski definition) is 0. The highest BCUT2D eigenvalue weighted by Gasteiger charge is 2.37. The molecule has 0 bridgehead atoms. The molecule has 0 fully saturated rings. The van der Waals surface area contributed by atoms with Crippen molar-refractivity contribution in [1.82, 2.24) is 9.80 Å². The van der Waals surface area contributed by atoms with Gasteiger partial charge in [0.05, 0.1) is 6.26 Å². The van der Waals surface area contributed by atoms with Crippen LogP contribution in [0.15, 0.2) is 65.3 Å². The molecule has 7 nitrogen and oxygen atoms in total. The lowest BCUT2D eigenvalue weighted by molar-refractivity contribution is -0.135. The Kier molecular flexibility index (Phi) is 4.86. The van der Waals surface area contributed by atoms with Crippen LogP contribution in [0.25, 0.3) is 0 Å². The summed E-state index contributed by atoms with van der Waals surface area (Å²) in [5, 5.41) is 0. The minimum Gasteiger partial charge on any atom is -0.459 e. The van der Waals surface area contributed by atoms with Crippen molar-refractivity contribution >= 4 is 11.8 Å². The van der Waals surface area contributed by atoms with Gasteiger partial charge in [-0.05, 0) is 41.0 Å². The highest BCUT2D eigenvalue weighted by atomic mass is 16.7. The SMILES string of the molecule is CN(Cc1ccc2c(c1)OCO2)C(=O)C1Cc2ccccc2CN1C(=O)c1ccco1. The summed E-state index contributed by atoms with van der Waals surface area (Å²) < 4.78 is 16.1. The molecule has 1 aromatic heterocycles. The summed E-state index contributed by atoms with van der Waals surface area (Å²) in [5.74, 6) is 1.22. The Balaban J connectivity index is 1.40. The van der Waals surface area contributed by atoms with E-state index in [2.05, 4.69) is 0 Å². The van der Waals surface area contributed by atoms with Crippen molar-refractivity contribution in [3.8, 4) is 11.5 Å². The van der Waals surface area contributed by atoms with E-state index < -0.39 is 6.04 Å². The number of nitrogens with zero attached hydrogens (tertiary/aromatic N) is 2. The normalized spacial score (nSPS) is 16.7. The second-order valence-electron chi connectivity index (χ2n) is 7.78. The molecule has 2 aromatic carbocycles. The first-order valence-corrected chi connectivity index (χ1v) is 10.1. The molecule has 0 saturated heterocycles. The molecule has 1 unspecified atom stereocenters. The number of carbonyl (C=O) groups excluding carboxylic acids is 2. The van der Waals surface area contributed by atoms with E-state index in [1.807, 2.05) is 42.5 Å². The van der Waals surface area contributed by atoms with E-state index >= 15 is 0 Å². The third-order valence-corrected chi connectivity index (χ3v) is 5.76. The smallest absolute Gasteiger partial charge is 0.290 e. The van der Waals surface area contributed by atoms with Gasteiger partial charge in [0.15, 0.2) is 17.3 Å². The minimum atomic E-state index is -0.605. The van der Waals surface area contributed by atoms with Gasteiger partial charge in [-0.25, -0.2) is 0 Å². The summed E-state index contributed by atoms with van der Waals surface area (Å²) in [6, 6.07) is 16.3. The summed E-state index contributed by atoms with van der Waals surface area (Å²) in [5.41, 5.74) is 3.06. The van der Waals surface area contributed by atoms with E-state index in [1.54, 1.807) is 29.0 Å². The maximum absolute atomic E-state index is 13.5. The Morgan fingerprint density at radius 1 is 1.03 bits per heavy atom. The molecule has 0 aliphatic carbocycles. The summed E-state index contributed by atoms with van der Waals surface area (Å²) in [7, 11) is 1.75. The van der Waals surface area contributed by atoms with E-state index in [9.17, 15) is 9.59 Å². The van der Waals surface area contributed by atoms with Crippen molar-refractivity contribution in [2.45, 2.75) is 25.6 Å². The minimum absolute atomic E-state index is 0.118. The third-order valence-electron chi connectivity index (χ3n) is 5.76. The van der Waals surface area contributed by atoms with Gasteiger partial charge in [0.1, 0.15) is 6.04 Å². The van der Waals surface area contributed by atoms with Gasteiger partial charge in [-0.1, -0.05) is 30.3 Å². The van der Waals surface area contributed by atoms with E-state index in [0.717, 1.165) is 16.7 Å². The first-order valence-electron chi connectivity index (χ1n) is 10.1. The van der Waals surface area contributed by atoms with Crippen molar-refractivity contribution in [3.63, 3.8) is 0 Å². The second kappa shape index (κ2) is 7.83. The molecule has 0 N–H and O–H groups in total. The number of ether oxygens (including phenoxy) is 2. The summed E-state index contributed by atoms with van der Waals surface area (Å²) in [4.78, 5) is 29.9. The van der Waals surface area contributed by atoms with Gasteiger partial charge in [0.2, 0.25) is 12.7 Å². The topological polar surface area (TPSA) is 72.2 Å². The van der Waals surface area contributed by atoms with Crippen molar-refractivity contribution in [2.24, 2.45) is 0 Å². The van der Waals surface area contributed by atoms with Crippen LogP contribution in [0.4, 0.5) is 0 Å². The van der Waals surface area contributed by atoms with Crippen LogP contribution in [0.5, 0.6) is 11.5 Å². The predicted octanol–water partition coefficient (Wildman–Crippen LogP) is 3.23. The zero-order valence-corrected chi connectivity index (χ0v) is 17.1. The van der Waals surface area contributed by atoms with Gasteiger partial charge in [0, 0.05) is 26.6 Å². The molecule has 158 valence electrons. The zero-order chi connectivity index (χ0) is 21.4. The van der Waals surface area contributed by atoms with Crippen LogP contribution in [-0.4, -0.2) is 41.5 Å². The molecule has 2 aliphatic rings. The van der Waals surface area contributed by atoms with Gasteiger partial charge in [0.25, 0.3) is 5.91 Å². The summed E-state index contributed by atoms with van der Waals surface area (Å²) in [6.07, 6.45) is 1.93. The Morgan fingerprint density at radius 3 is 2.65 bits per heavy atom. The van der Waals surface area contributed by atoms with Crippen LogP contribution in [0, 0.1) is 0 Å². The van der Waals surface area contributed by atoms with Gasteiger partial charge in [-0.2, -0.15) is 0 Å². The molecule has 2 amide bonds. The van der Waals surface area contributed by atoms with E-state index in [0.29, 0.717) is 31.0 Å². The number of furan rings is 1. The van der Waals surface area contributed by atoms with Crippen molar-refractivity contribution in [1.29, 1.82) is 0 Å². The van der Waals surface area contributed by atoms with Gasteiger partial charge < -0.3 is 23.7 Å². The van der Waals surface area contributed by atoms with Gasteiger partial charge in [-0.15, -0.1) is 0 Å².